The number of benzene rings is 1. The highest BCUT2D eigenvalue weighted by molar-refractivity contribution is 8.93. The van der Waals surface area contributed by atoms with Crippen molar-refractivity contribution in [2.45, 2.75) is 12.5 Å². The van der Waals surface area contributed by atoms with Crippen LogP contribution in [0.1, 0.15) is 5.56 Å². The van der Waals surface area contributed by atoms with E-state index in [-0.39, 0.29) is 29.0 Å². The highest BCUT2D eigenvalue weighted by Gasteiger charge is 2.16. The standard InChI is InChI=1S/C9H10FNO4.BrH/c10-5-3-8(13)7(12)2-4(5)1-6(11)9(14)15;/h2-3,6,12-13H,1,11H2,(H,14,15);1H. The summed E-state index contributed by atoms with van der Waals surface area (Å²) >= 11 is 0. The summed E-state index contributed by atoms with van der Waals surface area (Å²) in [5, 5.41) is 26.5. The molecular formula is C9H11BrFNO4. The van der Waals surface area contributed by atoms with E-state index in [0.29, 0.717) is 6.07 Å². The van der Waals surface area contributed by atoms with Crippen molar-refractivity contribution in [3.05, 3.63) is 23.5 Å². The van der Waals surface area contributed by atoms with Crippen molar-refractivity contribution < 1.29 is 24.5 Å². The number of carboxylic acid groups (broad SMARTS) is 1. The second-order valence-electron chi connectivity index (χ2n) is 3.08. The minimum atomic E-state index is -1.26. The lowest BCUT2D eigenvalue weighted by Crippen LogP contribution is -2.32. The smallest absolute Gasteiger partial charge is 0.320 e. The number of carboxylic acids is 1. The van der Waals surface area contributed by atoms with Crippen LogP contribution in [0.4, 0.5) is 4.39 Å². The summed E-state index contributed by atoms with van der Waals surface area (Å²) in [6.07, 6.45) is -0.255. The summed E-state index contributed by atoms with van der Waals surface area (Å²) in [6, 6.07) is 0.413. The van der Waals surface area contributed by atoms with Crippen molar-refractivity contribution in [3.63, 3.8) is 0 Å². The molecule has 0 fully saturated rings. The average Bonchev–Trinajstić information content (AvgIpc) is 2.13. The molecule has 0 aliphatic carbocycles. The molecule has 0 spiro atoms. The van der Waals surface area contributed by atoms with Gasteiger partial charge in [-0.05, 0) is 11.6 Å². The number of hydrogen-bond acceptors (Lipinski definition) is 4. The van der Waals surface area contributed by atoms with Gasteiger partial charge in [-0.25, -0.2) is 4.39 Å². The van der Waals surface area contributed by atoms with Gasteiger partial charge in [-0.15, -0.1) is 17.0 Å². The molecule has 5 N–H and O–H groups in total. The van der Waals surface area contributed by atoms with Gasteiger partial charge < -0.3 is 21.1 Å². The molecule has 1 aromatic rings. The number of aromatic hydroxyl groups is 2. The zero-order valence-electron chi connectivity index (χ0n) is 8.05. The molecule has 90 valence electrons. The molecule has 0 aliphatic rings. The Morgan fingerprint density at radius 2 is 1.88 bits per heavy atom. The molecule has 1 aromatic carbocycles. The topological polar surface area (TPSA) is 104 Å². The van der Waals surface area contributed by atoms with E-state index in [2.05, 4.69) is 0 Å². The maximum atomic E-state index is 13.1. The van der Waals surface area contributed by atoms with Crippen molar-refractivity contribution in [3.8, 4) is 11.5 Å². The molecule has 1 rings (SSSR count). The van der Waals surface area contributed by atoms with Gasteiger partial charge in [-0.3, -0.25) is 4.79 Å². The fraction of sp³-hybridized carbons (Fsp3) is 0.222. The second-order valence-corrected chi connectivity index (χ2v) is 3.08. The number of phenolic OH excluding ortho intramolecular Hbond substituents is 2. The Bertz CT molecular complexity index is 399. The Hall–Kier alpha value is -1.34. The van der Waals surface area contributed by atoms with Crippen LogP contribution in [0.2, 0.25) is 0 Å². The third kappa shape index (κ3) is 3.35. The fourth-order valence-corrected chi connectivity index (χ4v) is 1.08. The molecular weight excluding hydrogens is 285 g/mol. The lowest BCUT2D eigenvalue weighted by molar-refractivity contribution is -0.138. The Kier molecular flexibility index (Phi) is 5.19. The van der Waals surface area contributed by atoms with Crippen LogP contribution >= 0.6 is 17.0 Å². The van der Waals surface area contributed by atoms with Crippen LogP contribution in [0.5, 0.6) is 11.5 Å². The highest BCUT2D eigenvalue weighted by Crippen LogP contribution is 2.27. The third-order valence-electron chi connectivity index (χ3n) is 1.90. The van der Waals surface area contributed by atoms with Gasteiger partial charge in [0.2, 0.25) is 0 Å². The van der Waals surface area contributed by atoms with Gasteiger partial charge in [0.15, 0.2) is 11.5 Å². The first-order valence-electron chi connectivity index (χ1n) is 4.10. The SMILES string of the molecule is Br.NC(Cc1cc(O)c(O)cc1F)C(=O)O. The molecule has 0 radical (unpaired) electrons. The van der Waals surface area contributed by atoms with E-state index in [0.717, 1.165) is 6.07 Å². The Morgan fingerprint density at radius 1 is 1.38 bits per heavy atom. The van der Waals surface area contributed by atoms with Crippen LogP contribution in [0.3, 0.4) is 0 Å². The molecule has 0 aromatic heterocycles. The monoisotopic (exact) mass is 295 g/mol. The average molecular weight is 296 g/mol. The van der Waals surface area contributed by atoms with Crippen LogP contribution < -0.4 is 5.73 Å². The van der Waals surface area contributed by atoms with Crippen molar-refractivity contribution in [1.29, 1.82) is 0 Å². The molecule has 0 aliphatic heterocycles. The predicted molar refractivity (Wildman–Crippen MR) is 59.4 cm³/mol. The molecule has 1 unspecified atom stereocenters. The summed E-state index contributed by atoms with van der Waals surface area (Å²) in [5.74, 6) is -3.17. The van der Waals surface area contributed by atoms with Gasteiger partial charge >= 0.3 is 5.97 Å². The second kappa shape index (κ2) is 5.66. The van der Waals surface area contributed by atoms with Crippen molar-refractivity contribution in [1.82, 2.24) is 0 Å². The van der Waals surface area contributed by atoms with E-state index in [4.69, 9.17) is 21.1 Å². The van der Waals surface area contributed by atoms with E-state index in [1.54, 1.807) is 0 Å². The first-order valence-corrected chi connectivity index (χ1v) is 4.10. The van der Waals surface area contributed by atoms with Crippen molar-refractivity contribution >= 4 is 23.0 Å². The molecule has 0 saturated carbocycles. The quantitative estimate of drug-likeness (QED) is 0.617. The molecule has 16 heavy (non-hydrogen) atoms. The largest absolute Gasteiger partial charge is 0.504 e. The number of nitrogens with two attached hydrogens (primary N) is 1. The summed E-state index contributed by atoms with van der Waals surface area (Å²) in [6.45, 7) is 0. The van der Waals surface area contributed by atoms with E-state index in [1.165, 1.54) is 0 Å². The molecule has 0 saturated heterocycles. The Morgan fingerprint density at radius 3 is 2.38 bits per heavy atom. The zero-order chi connectivity index (χ0) is 11.6. The third-order valence-corrected chi connectivity index (χ3v) is 1.90. The summed E-state index contributed by atoms with van der Waals surface area (Å²) in [5.41, 5.74) is 5.14. The number of rotatable bonds is 3. The van der Waals surface area contributed by atoms with Crippen LogP contribution in [0, 0.1) is 5.82 Å². The minimum Gasteiger partial charge on any atom is -0.504 e. The number of halogens is 2. The van der Waals surface area contributed by atoms with Crippen molar-refractivity contribution in [2.24, 2.45) is 5.73 Å². The van der Waals surface area contributed by atoms with E-state index in [1.807, 2.05) is 0 Å². The highest BCUT2D eigenvalue weighted by atomic mass is 79.9. The maximum absolute atomic E-state index is 13.1. The van der Waals surface area contributed by atoms with Crippen molar-refractivity contribution in [2.75, 3.05) is 0 Å². The van der Waals surface area contributed by atoms with Gasteiger partial charge in [0, 0.05) is 12.5 Å². The first kappa shape index (κ1) is 14.7. The van der Waals surface area contributed by atoms with Gasteiger partial charge in [0.1, 0.15) is 11.9 Å². The van der Waals surface area contributed by atoms with Gasteiger partial charge in [-0.1, -0.05) is 0 Å². The Balaban J connectivity index is 0.00000225. The normalized spacial score (nSPS) is 11.6. The van der Waals surface area contributed by atoms with Gasteiger partial charge in [-0.2, -0.15) is 0 Å². The lowest BCUT2D eigenvalue weighted by Gasteiger charge is -2.08. The molecule has 5 nitrogen and oxygen atoms in total. The van der Waals surface area contributed by atoms with E-state index in [9.17, 15) is 9.18 Å². The van der Waals surface area contributed by atoms with E-state index < -0.39 is 29.3 Å². The lowest BCUT2D eigenvalue weighted by atomic mass is 10.1. The van der Waals surface area contributed by atoms with Crippen LogP contribution in [-0.4, -0.2) is 27.3 Å². The number of phenols is 2. The minimum absolute atomic E-state index is 0. The summed E-state index contributed by atoms with van der Waals surface area (Å²) in [7, 11) is 0. The van der Waals surface area contributed by atoms with Crippen LogP contribution in [-0.2, 0) is 11.2 Å². The van der Waals surface area contributed by atoms with E-state index >= 15 is 0 Å². The number of carbonyl (C=O) groups is 1. The Labute approximate surface area is 101 Å². The maximum Gasteiger partial charge on any atom is 0.320 e. The first-order chi connectivity index (χ1) is 6.91. The molecule has 0 bridgehead atoms. The summed E-state index contributed by atoms with van der Waals surface area (Å²) < 4.78 is 13.1. The van der Waals surface area contributed by atoms with Crippen LogP contribution in [0.15, 0.2) is 12.1 Å². The number of aliphatic carboxylic acids is 1. The molecule has 1 atom stereocenters. The fourth-order valence-electron chi connectivity index (χ4n) is 1.08. The molecule has 7 heteroatoms. The molecule has 0 amide bonds. The molecule has 0 heterocycles. The van der Waals surface area contributed by atoms with Crippen LogP contribution in [0.25, 0.3) is 0 Å². The van der Waals surface area contributed by atoms with Gasteiger partial charge in [0.25, 0.3) is 0 Å². The predicted octanol–water partition coefficient (Wildman–Crippen LogP) is 0.769. The zero-order valence-corrected chi connectivity index (χ0v) is 9.77. The number of hydrogen-bond donors (Lipinski definition) is 4. The summed E-state index contributed by atoms with van der Waals surface area (Å²) in [4.78, 5) is 10.4. The van der Waals surface area contributed by atoms with Gasteiger partial charge in [0.05, 0.1) is 0 Å².